The topological polar surface area (TPSA) is 107 Å². The predicted octanol–water partition coefficient (Wildman–Crippen LogP) is 3.16. The molecule has 1 saturated carbocycles. The summed E-state index contributed by atoms with van der Waals surface area (Å²) in [6, 6.07) is 7.11. The number of nitrogens with zero attached hydrogens (tertiary/aromatic N) is 4. The first-order valence-electron chi connectivity index (χ1n) is 9.01. The number of aromatic nitrogens is 4. The molecule has 4 rings (SSSR count). The number of anilines is 1. The van der Waals surface area contributed by atoms with E-state index in [9.17, 15) is 9.18 Å². The Kier molecular flexibility index (Phi) is 5.42. The van der Waals surface area contributed by atoms with E-state index in [1.54, 1.807) is 36.7 Å². The summed E-state index contributed by atoms with van der Waals surface area (Å²) in [6.45, 7) is 0.457. The zero-order valence-corrected chi connectivity index (χ0v) is 16.9. The van der Waals surface area contributed by atoms with Crippen LogP contribution in [0.3, 0.4) is 0 Å². The molecule has 0 unspecified atom stereocenters. The number of alkyl halides is 1. The number of pyridine rings is 1. The number of rotatable bonds is 7. The zero-order chi connectivity index (χ0) is 20.4. The Labute approximate surface area is 175 Å². The van der Waals surface area contributed by atoms with E-state index in [1.165, 1.54) is 11.3 Å². The number of carbonyl (C=O) groups is 1. The molecule has 3 aromatic rings. The molecule has 0 atom stereocenters. The van der Waals surface area contributed by atoms with Crippen LogP contribution < -0.4 is 11.1 Å². The average Bonchev–Trinajstić information content (AvgIpc) is 3.13. The molecule has 0 saturated heterocycles. The molecule has 0 bridgehead atoms. The molecule has 3 N–H and O–H groups in total. The van der Waals surface area contributed by atoms with Gasteiger partial charge in [-0.2, -0.15) is 0 Å². The average molecular weight is 433 g/mol. The fraction of sp³-hybridized carbons (Fsp3) is 0.316. The van der Waals surface area contributed by atoms with Crippen LogP contribution in [0, 0.1) is 0 Å². The Morgan fingerprint density at radius 3 is 2.79 bits per heavy atom. The van der Waals surface area contributed by atoms with Gasteiger partial charge in [-0.25, -0.2) is 9.37 Å². The van der Waals surface area contributed by atoms with Gasteiger partial charge in [-0.15, -0.1) is 21.5 Å². The van der Waals surface area contributed by atoms with Gasteiger partial charge in [-0.1, -0.05) is 11.6 Å². The van der Waals surface area contributed by atoms with Crippen molar-refractivity contribution in [1.29, 1.82) is 0 Å². The van der Waals surface area contributed by atoms with Gasteiger partial charge < -0.3 is 11.1 Å². The van der Waals surface area contributed by atoms with Gasteiger partial charge in [-0.3, -0.25) is 9.78 Å². The summed E-state index contributed by atoms with van der Waals surface area (Å²) in [5.41, 5.74) is 6.05. The molecule has 1 amide bonds. The number of carbonyl (C=O) groups excluding carboxylic acids is 1. The van der Waals surface area contributed by atoms with Crippen LogP contribution in [0.1, 0.15) is 23.4 Å². The normalized spacial score (nSPS) is 20.8. The summed E-state index contributed by atoms with van der Waals surface area (Å²) >= 11 is 7.65. The van der Waals surface area contributed by atoms with Crippen LogP contribution in [0.15, 0.2) is 36.7 Å². The second-order valence-corrected chi connectivity index (χ2v) is 8.57. The number of nitrogens with two attached hydrogens (primary N) is 1. The van der Waals surface area contributed by atoms with E-state index in [-0.39, 0.29) is 6.42 Å². The molecule has 7 nitrogen and oxygen atoms in total. The molecule has 0 radical (unpaired) electrons. The second-order valence-electron chi connectivity index (χ2n) is 7.05. The van der Waals surface area contributed by atoms with Gasteiger partial charge in [0.05, 0.1) is 17.1 Å². The van der Waals surface area contributed by atoms with Crippen molar-refractivity contribution in [3.8, 4) is 10.7 Å². The number of primary amides is 1. The predicted molar refractivity (Wildman–Crippen MR) is 110 cm³/mol. The van der Waals surface area contributed by atoms with Crippen molar-refractivity contribution in [1.82, 2.24) is 20.2 Å². The van der Waals surface area contributed by atoms with Crippen LogP contribution in [-0.4, -0.2) is 38.8 Å². The van der Waals surface area contributed by atoms with Gasteiger partial charge in [0, 0.05) is 29.2 Å². The molecule has 10 heteroatoms. The molecule has 0 aliphatic heterocycles. The number of hydrogen-bond donors (Lipinski definition) is 2. The van der Waals surface area contributed by atoms with Crippen molar-refractivity contribution < 1.29 is 9.18 Å². The van der Waals surface area contributed by atoms with Crippen molar-refractivity contribution in [2.24, 2.45) is 5.73 Å². The van der Waals surface area contributed by atoms with Gasteiger partial charge in [0.15, 0.2) is 0 Å². The van der Waals surface area contributed by atoms with Crippen LogP contribution in [0.2, 0.25) is 5.02 Å². The Morgan fingerprint density at radius 2 is 2.14 bits per heavy atom. The van der Waals surface area contributed by atoms with Crippen molar-refractivity contribution in [3.05, 3.63) is 52.3 Å². The minimum atomic E-state index is -0.858. The highest BCUT2D eigenvalue weighted by molar-refractivity contribution is 7.15. The van der Waals surface area contributed by atoms with E-state index in [0.717, 1.165) is 4.88 Å². The molecule has 0 spiro atoms. The lowest BCUT2D eigenvalue weighted by molar-refractivity contribution is -0.117. The summed E-state index contributed by atoms with van der Waals surface area (Å²) in [5, 5.41) is 12.8. The van der Waals surface area contributed by atoms with Gasteiger partial charge in [0.1, 0.15) is 22.7 Å². The number of nitrogens with one attached hydrogen (secondary N) is 1. The first kappa shape index (κ1) is 19.7. The Bertz CT molecular complexity index is 1020. The van der Waals surface area contributed by atoms with Gasteiger partial charge in [-0.05, 0) is 37.1 Å². The standard InChI is InChI=1S/C19H18ClFN6OS/c20-13-2-1-5-23-17(13)19(7-11(21)8-19)10-25-16-4-3-14(26-27-16)18-24-9-12(29-18)6-15(22)28/h1-5,9,11H,6-8,10H2,(H2,22,28)(H,25,27)/t11-,19-. The smallest absolute Gasteiger partial charge is 0.222 e. The maximum Gasteiger partial charge on any atom is 0.222 e. The third-order valence-electron chi connectivity index (χ3n) is 4.88. The molecule has 3 heterocycles. The van der Waals surface area contributed by atoms with Crippen LogP contribution >= 0.6 is 22.9 Å². The summed E-state index contributed by atoms with van der Waals surface area (Å²) in [6.07, 6.45) is 3.31. The molecular formula is C19H18ClFN6OS. The van der Waals surface area contributed by atoms with Crippen LogP contribution in [-0.2, 0) is 16.6 Å². The maximum atomic E-state index is 13.7. The maximum absolute atomic E-state index is 13.7. The monoisotopic (exact) mass is 432 g/mol. The first-order valence-corrected chi connectivity index (χ1v) is 10.2. The summed E-state index contributed by atoms with van der Waals surface area (Å²) in [7, 11) is 0. The van der Waals surface area contributed by atoms with Crippen molar-refractivity contribution in [2.75, 3.05) is 11.9 Å². The third kappa shape index (κ3) is 4.20. The summed E-state index contributed by atoms with van der Waals surface area (Å²) in [4.78, 5) is 20.4. The Hall–Kier alpha value is -2.65. The number of amides is 1. The highest BCUT2D eigenvalue weighted by atomic mass is 35.5. The van der Waals surface area contributed by atoms with E-state index < -0.39 is 17.5 Å². The van der Waals surface area contributed by atoms with E-state index in [4.69, 9.17) is 17.3 Å². The van der Waals surface area contributed by atoms with Crippen LogP contribution in [0.5, 0.6) is 0 Å². The molecule has 1 aliphatic rings. The van der Waals surface area contributed by atoms with Gasteiger partial charge in [0.25, 0.3) is 0 Å². The van der Waals surface area contributed by atoms with E-state index in [1.807, 2.05) is 0 Å². The SMILES string of the molecule is NC(=O)Cc1cnc(-c2ccc(NC[C@]3(c4ncccc4Cl)C[C@H](F)C3)nn2)s1. The largest absolute Gasteiger partial charge is 0.369 e. The van der Waals surface area contributed by atoms with E-state index in [2.05, 4.69) is 25.5 Å². The molecule has 150 valence electrons. The third-order valence-corrected chi connectivity index (χ3v) is 6.20. The van der Waals surface area contributed by atoms with Crippen molar-refractivity contribution >= 4 is 34.7 Å². The first-order chi connectivity index (χ1) is 13.9. The summed E-state index contributed by atoms with van der Waals surface area (Å²) < 4.78 is 13.7. The van der Waals surface area contributed by atoms with Crippen LogP contribution in [0.25, 0.3) is 10.7 Å². The molecule has 29 heavy (non-hydrogen) atoms. The lowest BCUT2D eigenvalue weighted by atomic mass is 9.65. The molecule has 1 aliphatic carbocycles. The van der Waals surface area contributed by atoms with E-state index in [0.29, 0.717) is 46.6 Å². The van der Waals surface area contributed by atoms with Gasteiger partial charge >= 0.3 is 0 Å². The molecule has 0 aromatic carbocycles. The molecule has 1 fully saturated rings. The van der Waals surface area contributed by atoms with Crippen molar-refractivity contribution in [3.63, 3.8) is 0 Å². The van der Waals surface area contributed by atoms with Gasteiger partial charge in [0.2, 0.25) is 5.91 Å². The van der Waals surface area contributed by atoms with E-state index >= 15 is 0 Å². The lowest BCUT2D eigenvalue weighted by Crippen LogP contribution is -2.48. The minimum Gasteiger partial charge on any atom is -0.369 e. The quantitative estimate of drug-likeness (QED) is 0.594. The fourth-order valence-electron chi connectivity index (χ4n) is 3.47. The molecule has 3 aromatic heterocycles. The fourth-order valence-corrected chi connectivity index (χ4v) is 4.67. The second kappa shape index (κ2) is 8.00. The minimum absolute atomic E-state index is 0.151. The highest BCUT2D eigenvalue weighted by Gasteiger charge is 2.48. The van der Waals surface area contributed by atoms with Crippen molar-refractivity contribution in [2.45, 2.75) is 30.8 Å². The number of halogens is 2. The highest BCUT2D eigenvalue weighted by Crippen LogP contribution is 2.46. The number of thiazole rings is 1. The zero-order valence-electron chi connectivity index (χ0n) is 15.3. The summed E-state index contributed by atoms with van der Waals surface area (Å²) in [5.74, 6) is 0.163. The molecular weight excluding hydrogens is 415 g/mol. The van der Waals surface area contributed by atoms with Crippen LogP contribution in [0.4, 0.5) is 10.2 Å². The number of hydrogen-bond acceptors (Lipinski definition) is 7. The Morgan fingerprint density at radius 1 is 1.31 bits per heavy atom. The lowest BCUT2D eigenvalue weighted by Gasteiger charge is -2.44. The Balaban J connectivity index is 1.45.